The first kappa shape index (κ1) is 15.6. The molecule has 2 rings (SSSR count). The highest BCUT2D eigenvalue weighted by molar-refractivity contribution is 9.06. The van der Waals surface area contributed by atoms with Crippen molar-refractivity contribution in [3.05, 3.63) is 0 Å². The molecule has 2 heterocycles. The van der Waals surface area contributed by atoms with Gasteiger partial charge in [0.05, 0.1) is 39.1 Å². The first-order valence-corrected chi connectivity index (χ1v) is 7.01. The van der Waals surface area contributed by atoms with Gasteiger partial charge in [0.2, 0.25) is 6.29 Å². The fraction of sp³-hybridized carbons (Fsp3) is 0.900. The maximum Gasteiger partial charge on any atom is 0.305 e. The van der Waals surface area contributed by atoms with Gasteiger partial charge in [0.1, 0.15) is 18.3 Å². The number of rotatable bonds is 3. The molecule has 2 saturated heterocycles. The molecule has 0 aromatic rings. The van der Waals surface area contributed by atoms with Crippen LogP contribution in [0.5, 0.6) is 0 Å². The van der Waals surface area contributed by atoms with Crippen molar-refractivity contribution < 1.29 is 31.4 Å². The van der Waals surface area contributed by atoms with Crippen molar-refractivity contribution in [2.75, 3.05) is 6.61 Å². The fourth-order valence-corrected chi connectivity index (χ4v) is 2.94. The third-order valence-corrected chi connectivity index (χ3v) is 3.79. The molecular formula is C10H14Br2O7. The molecule has 19 heavy (non-hydrogen) atoms. The van der Waals surface area contributed by atoms with Crippen molar-refractivity contribution in [1.82, 2.24) is 0 Å². The molecule has 6 atom stereocenters. The summed E-state index contributed by atoms with van der Waals surface area (Å²) < 4.78 is 32.1. The Morgan fingerprint density at radius 3 is 2.47 bits per heavy atom. The van der Waals surface area contributed by atoms with Gasteiger partial charge < -0.3 is 18.9 Å². The summed E-state index contributed by atoms with van der Waals surface area (Å²) in [6.07, 6.45) is -3.25. The maximum absolute atomic E-state index is 11.1. The molecule has 0 radical (unpaired) electrons. The second-order valence-corrected chi connectivity index (χ2v) is 5.01. The van der Waals surface area contributed by atoms with Crippen LogP contribution in [0.25, 0.3) is 0 Å². The maximum atomic E-state index is 11.1. The number of hydrogen-bond donors (Lipinski definition) is 0. The number of hydrogen-bond acceptors (Lipinski definition) is 7. The number of ether oxygens (including phenoxy) is 4. The van der Waals surface area contributed by atoms with Crippen LogP contribution < -0.4 is 0 Å². The molecule has 0 aliphatic carbocycles. The molecular weight excluding hydrogens is 392 g/mol. The third kappa shape index (κ3) is 3.46. The average Bonchev–Trinajstić information content (AvgIpc) is 2.36. The molecule has 9 heteroatoms. The van der Waals surface area contributed by atoms with Gasteiger partial charge in [0, 0.05) is 6.92 Å². The Hall–Kier alpha value is 0.230. The summed E-state index contributed by atoms with van der Waals surface area (Å²) in [4.78, 5) is 11.1. The van der Waals surface area contributed by atoms with Gasteiger partial charge in [0.15, 0.2) is 12.4 Å². The molecule has 2 aliphatic rings. The minimum atomic E-state index is -0.902. The normalized spacial score (nSPS) is 42.5. The summed E-state index contributed by atoms with van der Waals surface area (Å²) in [5.41, 5.74) is 0. The second-order valence-electron chi connectivity index (χ2n) is 4.26. The van der Waals surface area contributed by atoms with Gasteiger partial charge in [-0.05, 0) is 6.92 Å². The van der Waals surface area contributed by atoms with Crippen molar-refractivity contribution in [3.8, 4) is 0 Å². The van der Waals surface area contributed by atoms with Crippen LogP contribution in [-0.4, -0.2) is 49.6 Å². The summed E-state index contributed by atoms with van der Waals surface area (Å²) in [6, 6.07) is 0. The molecule has 110 valence electrons. The summed E-state index contributed by atoms with van der Waals surface area (Å²) in [6.45, 7) is 3.40. The fourth-order valence-electron chi connectivity index (χ4n) is 2.12. The zero-order valence-corrected chi connectivity index (χ0v) is 13.5. The van der Waals surface area contributed by atoms with Gasteiger partial charge in [-0.25, -0.2) is 0 Å². The monoisotopic (exact) mass is 404 g/mol. The van der Waals surface area contributed by atoms with Crippen molar-refractivity contribution in [2.45, 2.75) is 50.8 Å². The second kappa shape index (κ2) is 6.79. The highest BCUT2D eigenvalue weighted by Crippen LogP contribution is 2.33. The minimum Gasteiger partial charge on any atom is -0.433 e. The number of halogens is 2. The highest BCUT2D eigenvalue weighted by atomic mass is 79.9. The molecule has 1 unspecified atom stereocenters. The molecule has 0 spiro atoms. The van der Waals surface area contributed by atoms with E-state index in [2.05, 4.69) is 32.5 Å². The number of esters is 1. The Bertz CT molecular complexity index is 329. The Labute approximate surface area is 127 Å². The number of carbonyl (C=O) groups excluding carboxylic acids is 1. The van der Waals surface area contributed by atoms with Gasteiger partial charge in [-0.1, -0.05) is 0 Å². The molecule has 0 amide bonds. The lowest BCUT2D eigenvalue weighted by molar-refractivity contribution is -0.339. The van der Waals surface area contributed by atoms with Crippen molar-refractivity contribution >= 4 is 38.5 Å². The van der Waals surface area contributed by atoms with Crippen LogP contribution in [-0.2, 0) is 31.4 Å². The molecule has 0 aromatic carbocycles. The summed E-state index contributed by atoms with van der Waals surface area (Å²) >= 11 is 5.85. The van der Waals surface area contributed by atoms with Gasteiger partial charge in [-0.15, -0.1) is 0 Å². The van der Waals surface area contributed by atoms with Crippen LogP contribution >= 0.6 is 32.5 Å². The predicted molar refractivity (Wildman–Crippen MR) is 68.3 cm³/mol. The molecule has 2 fully saturated rings. The largest absolute Gasteiger partial charge is 0.433 e. The average molecular weight is 406 g/mol. The highest BCUT2D eigenvalue weighted by Gasteiger charge is 2.52. The van der Waals surface area contributed by atoms with E-state index in [4.69, 9.17) is 26.6 Å². The molecule has 7 nitrogen and oxygen atoms in total. The Morgan fingerprint density at radius 2 is 1.89 bits per heavy atom. The van der Waals surface area contributed by atoms with Gasteiger partial charge in [-0.3, -0.25) is 12.5 Å². The van der Waals surface area contributed by atoms with E-state index in [0.717, 1.165) is 0 Å². The van der Waals surface area contributed by atoms with E-state index in [-0.39, 0.29) is 6.29 Å². The van der Waals surface area contributed by atoms with E-state index in [1.807, 2.05) is 0 Å². The van der Waals surface area contributed by atoms with E-state index in [1.54, 1.807) is 6.92 Å². The van der Waals surface area contributed by atoms with E-state index >= 15 is 0 Å². The van der Waals surface area contributed by atoms with E-state index < -0.39 is 36.7 Å². The molecule has 0 saturated carbocycles. The first-order valence-electron chi connectivity index (χ1n) is 5.71. The van der Waals surface area contributed by atoms with Gasteiger partial charge in [0.25, 0.3) is 0 Å². The number of carbonyl (C=O) groups is 1. The van der Waals surface area contributed by atoms with Crippen LogP contribution in [0.1, 0.15) is 13.8 Å². The van der Waals surface area contributed by atoms with E-state index in [0.29, 0.717) is 6.61 Å². The van der Waals surface area contributed by atoms with Crippen LogP contribution in [0.2, 0.25) is 0 Å². The number of fused-ring (bicyclic) bond motifs is 1. The molecule has 0 N–H and O–H groups in total. The molecule has 0 bridgehead atoms. The lowest BCUT2D eigenvalue weighted by Crippen LogP contribution is -2.63. The Kier molecular flexibility index (Phi) is 5.58. The predicted octanol–water partition coefficient (Wildman–Crippen LogP) is 1.43. The standard InChI is InChI=1S/C10H14Br2O7/c1-4(13)15-10-9(19-12)8(18-11)7-6(17-10)3-14-5(2)16-7/h5-10H,3H2,1-2H3/t5?,6-,7-,8+,9-,10-/m1/s1. The summed E-state index contributed by atoms with van der Waals surface area (Å²) in [7, 11) is 0. The molecule has 0 aromatic heterocycles. The SMILES string of the molecule is CC(=O)O[C@@H]1O[C@@H]2COC(C)O[C@H]2[C@H](OBr)[C@H]1OBr. The Morgan fingerprint density at radius 1 is 1.21 bits per heavy atom. The van der Waals surface area contributed by atoms with E-state index in [9.17, 15) is 4.79 Å². The quantitative estimate of drug-likeness (QED) is 0.657. The zero-order chi connectivity index (χ0) is 14.0. The third-order valence-electron chi connectivity index (χ3n) is 2.92. The van der Waals surface area contributed by atoms with Crippen LogP contribution in [0.3, 0.4) is 0 Å². The summed E-state index contributed by atoms with van der Waals surface area (Å²) in [5, 5.41) is 0. The topological polar surface area (TPSA) is 72.5 Å². The lowest BCUT2D eigenvalue weighted by Gasteiger charge is -2.46. The van der Waals surface area contributed by atoms with Gasteiger partial charge in [-0.2, -0.15) is 0 Å². The zero-order valence-electron chi connectivity index (χ0n) is 10.3. The smallest absolute Gasteiger partial charge is 0.305 e. The van der Waals surface area contributed by atoms with Crippen molar-refractivity contribution in [3.63, 3.8) is 0 Å². The Balaban J connectivity index is 2.16. The van der Waals surface area contributed by atoms with Crippen LogP contribution in [0.4, 0.5) is 0 Å². The first-order chi connectivity index (χ1) is 9.06. The van der Waals surface area contributed by atoms with Crippen LogP contribution in [0.15, 0.2) is 0 Å². The lowest BCUT2D eigenvalue weighted by atomic mass is 9.98. The van der Waals surface area contributed by atoms with E-state index in [1.165, 1.54) is 6.92 Å². The van der Waals surface area contributed by atoms with Gasteiger partial charge >= 0.3 is 5.97 Å². The summed E-state index contributed by atoms with van der Waals surface area (Å²) in [5.74, 6) is -0.475. The minimum absolute atomic E-state index is 0.325. The van der Waals surface area contributed by atoms with Crippen molar-refractivity contribution in [2.24, 2.45) is 0 Å². The van der Waals surface area contributed by atoms with Crippen LogP contribution in [0, 0.1) is 0 Å². The van der Waals surface area contributed by atoms with Crippen molar-refractivity contribution in [1.29, 1.82) is 0 Å². The molecule has 2 aliphatic heterocycles.